The van der Waals surface area contributed by atoms with Gasteiger partial charge in [-0.1, -0.05) is 155 Å². The number of carbonyl (C=O) groups excluding carboxylic acids is 3. The summed E-state index contributed by atoms with van der Waals surface area (Å²) in [5, 5.41) is 10.4. The first-order chi connectivity index (χ1) is 40.9. The summed E-state index contributed by atoms with van der Waals surface area (Å²) in [6.07, 6.45) is 42.8. The Balaban J connectivity index is 0.000000266. The topological polar surface area (TPSA) is 108 Å². The van der Waals surface area contributed by atoms with Crippen molar-refractivity contribution in [3.8, 4) is 0 Å². The molecule has 0 aliphatic heterocycles. The van der Waals surface area contributed by atoms with Gasteiger partial charge in [0.1, 0.15) is 23.4 Å². The van der Waals surface area contributed by atoms with E-state index in [0.29, 0.717) is 41.3 Å². The van der Waals surface area contributed by atoms with Crippen molar-refractivity contribution in [2.45, 2.75) is 307 Å². The van der Waals surface area contributed by atoms with Crippen molar-refractivity contribution in [3.63, 3.8) is 0 Å². The van der Waals surface area contributed by atoms with Crippen LogP contribution in [0.5, 0.6) is 0 Å². The van der Waals surface area contributed by atoms with E-state index in [9.17, 15) is 19.5 Å². The van der Waals surface area contributed by atoms with Gasteiger partial charge in [0.25, 0.3) is 0 Å². The average Bonchev–Trinajstić information content (AvgIpc) is 1.76. The average molecular weight is 1250 g/mol. The molecule has 8 rings (SSSR count). The minimum absolute atomic E-state index is 0.0258. The van der Waals surface area contributed by atoms with E-state index in [1.54, 1.807) is 11.1 Å². The molecule has 0 spiro atoms. The number of esters is 2. The number of fused-ring (bicyclic) bond motifs is 10. The van der Waals surface area contributed by atoms with Crippen molar-refractivity contribution < 1.29 is 38.4 Å². The maximum Gasteiger partial charge on any atom is 0.313 e. The van der Waals surface area contributed by atoms with Crippen LogP contribution < -0.4 is 0 Å². The third kappa shape index (κ3) is 20.0. The predicted octanol–water partition coefficient (Wildman–Crippen LogP) is 20.5. The molecule has 6 saturated carbocycles. The lowest BCUT2D eigenvalue weighted by Gasteiger charge is -2.58. The third-order valence-corrected chi connectivity index (χ3v) is 24.0. The molecule has 6 fully saturated rings. The highest BCUT2D eigenvalue weighted by Crippen LogP contribution is 2.69. The number of hydrogen-bond acceptors (Lipinski definition) is 8. The van der Waals surface area contributed by atoms with Gasteiger partial charge in [0.2, 0.25) is 0 Å². The number of halogens is 2. The Bertz CT molecular complexity index is 2300. The van der Waals surface area contributed by atoms with Crippen LogP contribution in [0.25, 0.3) is 0 Å². The lowest BCUT2D eigenvalue weighted by Crippen LogP contribution is -2.51. The first-order valence-electron chi connectivity index (χ1n) is 35.5. The molecule has 0 aromatic rings. The van der Waals surface area contributed by atoms with E-state index in [-0.39, 0.29) is 48.6 Å². The molecule has 10 heteroatoms. The monoisotopic (exact) mass is 1250 g/mol. The molecule has 0 aromatic carbocycles. The minimum atomic E-state index is -0.715. The molecule has 8 aliphatic rings. The largest absolute Gasteiger partial charge is 0.460 e. The van der Waals surface area contributed by atoms with E-state index in [1.165, 1.54) is 116 Å². The number of ketones is 1. The van der Waals surface area contributed by atoms with Gasteiger partial charge < -0.3 is 24.1 Å². The summed E-state index contributed by atoms with van der Waals surface area (Å²) in [5.41, 5.74) is 4.05. The number of aliphatic hydroxyl groups is 1. The Morgan fingerprint density at radius 2 is 1.00 bits per heavy atom. The van der Waals surface area contributed by atoms with E-state index >= 15 is 0 Å². The van der Waals surface area contributed by atoms with Crippen LogP contribution in [0.3, 0.4) is 0 Å². The summed E-state index contributed by atoms with van der Waals surface area (Å²) in [6.45, 7) is 37.2. The Morgan fingerprint density at radius 3 is 1.43 bits per heavy atom. The number of Topliss-reactive ketones (excluding diaryl/α,β-unsaturated/α-hetero) is 1. The number of hydrogen-bond donors (Lipinski definition) is 1. The van der Waals surface area contributed by atoms with Crippen LogP contribution in [0.1, 0.15) is 278 Å². The van der Waals surface area contributed by atoms with Crippen molar-refractivity contribution in [1.82, 2.24) is 0 Å². The highest BCUT2D eigenvalue weighted by Gasteiger charge is 2.61. The molecule has 7 unspecified atom stereocenters. The predicted molar refractivity (Wildman–Crippen MR) is 362 cm³/mol. The van der Waals surface area contributed by atoms with Gasteiger partial charge >= 0.3 is 11.9 Å². The van der Waals surface area contributed by atoms with Crippen molar-refractivity contribution in [2.24, 2.45) is 92.7 Å². The minimum Gasteiger partial charge on any atom is -0.460 e. The zero-order valence-corrected chi connectivity index (χ0v) is 59.7. The van der Waals surface area contributed by atoms with Gasteiger partial charge in [-0.05, 0) is 243 Å². The maximum atomic E-state index is 12.1. The summed E-state index contributed by atoms with van der Waals surface area (Å²) in [7, 11) is 0. The smallest absolute Gasteiger partial charge is 0.313 e. The summed E-state index contributed by atoms with van der Waals surface area (Å²) in [5.74, 6) is 9.54. The fourth-order valence-corrected chi connectivity index (χ4v) is 19.8. The molecule has 87 heavy (non-hydrogen) atoms. The zero-order valence-electron chi connectivity index (χ0n) is 58.2. The van der Waals surface area contributed by atoms with Crippen LogP contribution in [0.15, 0.2) is 47.6 Å². The highest BCUT2D eigenvalue weighted by molar-refractivity contribution is 6.40. The fourth-order valence-electron chi connectivity index (χ4n) is 19.8. The Hall–Kier alpha value is -1.97. The molecule has 0 heterocycles. The van der Waals surface area contributed by atoms with Gasteiger partial charge in [-0.2, -0.15) is 0 Å². The van der Waals surface area contributed by atoms with Gasteiger partial charge in [0.05, 0.1) is 43.3 Å². The standard InChI is InChI=1S/C38H64O4.C38H62O4.CH2Cl2/c2*1-26(2)12-11-13-27(3)32-17-18-33-31-16-15-28-24-30(19-21-37(28,7)34(31)20-22-38(32,33)8)41-23-10-9-14-29(39)25-35(40)42-36(4,5)6;2-1-3/h9-10,15,26-27,29-34,39H,11-14,16-25H2,1-8H3;9-10,15,26-27,30-34H,11-14,16-25H2,1-8H3;1H2/b2*10-9+;/t27-,29?,30+,31?,32-,33?,34?,37+,38-;27-,30+,31?,32-,33?,34?,37+,38-;/m11./s1. The number of alkyl halides is 2. The molecule has 17 atom stereocenters. The van der Waals surface area contributed by atoms with Gasteiger partial charge in [0, 0.05) is 6.42 Å². The zero-order chi connectivity index (χ0) is 64.1. The van der Waals surface area contributed by atoms with Gasteiger partial charge in [-0.3, -0.25) is 14.4 Å². The molecule has 0 saturated heterocycles. The van der Waals surface area contributed by atoms with E-state index in [1.807, 2.05) is 65.8 Å². The van der Waals surface area contributed by atoms with Crippen molar-refractivity contribution in [2.75, 3.05) is 18.6 Å². The van der Waals surface area contributed by atoms with Crippen LogP contribution in [0.4, 0.5) is 0 Å². The molecule has 0 radical (unpaired) electrons. The Morgan fingerprint density at radius 1 is 0.575 bits per heavy atom. The third-order valence-electron chi connectivity index (χ3n) is 24.0. The summed E-state index contributed by atoms with van der Waals surface area (Å²) in [4.78, 5) is 35.9. The van der Waals surface area contributed by atoms with Crippen molar-refractivity contribution in [1.29, 1.82) is 0 Å². The molecular weight excluding hydrogens is 1120 g/mol. The van der Waals surface area contributed by atoms with E-state index in [0.717, 1.165) is 96.7 Å². The van der Waals surface area contributed by atoms with E-state index < -0.39 is 23.3 Å². The number of carbonyl (C=O) groups is 3. The van der Waals surface area contributed by atoms with Crippen molar-refractivity contribution >= 4 is 40.9 Å². The normalized spacial score (nSPS) is 34.8. The summed E-state index contributed by atoms with van der Waals surface area (Å²) < 4.78 is 23.1. The van der Waals surface area contributed by atoms with Crippen LogP contribution in [0, 0.1) is 92.7 Å². The van der Waals surface area contributed by atoms with E-state index in [4.69, 9.17) is 42.1 Å². The van der Waals surface area contributed by atoms with Crippen LogP contribution >= 0.6 is 23.2 Å². The van der Waals surface area contributed by atoms with Gasteiger partial charge in [-0.25, -0.2) is 0 Å². The molecule has 0 amide bonds. The number of aliphatic hydroxyl groups excluding tert-OH is 1. The molecular formula is C77H128Cl2O8. The fraction of sp³-hybridized carbons (Fsp3) is 0.857. The van der Waals surface area contributed by atoms with E-state index in [2.05, 4.69) is 81.4 Å². The number of ether oxygens (including phenoxy) is 4. The first-order valence-corrected chi connectivity index (χ1v) is 36.6. The molecule has 8 nitrogen and oxygen atoms in total. The second-order valence-corrected chi connectivity index (χ2v) is 34.0. The van der Waals surface area contributed by atoms with Crippen LogP contribution in [0.2, 0.25) is 0 Å². The quantitative estimate of drug-likeness (QED) is 0.0441. The molecule has 0 bridgehead atoms. The van der Waals surface area contributed by atoms with Gasteiger partial charge in [0.15, 0.2) is 0 Å². The Kier molecular flexibility index (Phi) is 27.9. The number of rotatable bonds is 24. The summed E-state index contributed by atoms with van der Waals surface area (Å²) in [6, 6.07) is 0. The summed E-state index contributed by atoms with van der Waals surface area (Å²) >= 11 is 9.53. The van der Waals surface area contributed by atoms with Crippen LogP contribution in [-0.4, -0.2) is 70.9 Å². The second kappa shape index (κ2) is 32.7. The Labute approximate surface area is 542 Å². The lowest BCUT2D eigenvalue weighted by atomic mass is 9.47. The molecule has 8 aliphatic carbocycles. The first kappa shape index (κ1) is 74.1. The van der Waals surface area contributed by atoms with Gasteiger partial charge in [-0.15, -0.1) is 23.2 Å². The maximum absolute atomic E-state index is 12.1. The molecule has 498 valence electrons. The number of allylic oxidation sites excluding steroid dienone is 3. The second-order valence-electron chi connectivity index (χ2n) is 33.2. The molecule has 1 N–H and O–H groups in total. The molecule has 0 aromatic heterocycles. The highest BCUT2D eigenvalue weighted by atomic mass is 35.5. The van der Waals surface area contributed by atoms with Crippen LogP contribution in [-0.2, 0) is 33.3 Å². The lowest BCUT2D eigenvalue weighted by molar-refractivity contribution is -0.158. The van der Waals surface area contributed by atoms with Crippen molar-refractivity contribution in [3.05, 3.63) is 47.6 Å². The SMILES string of the molecule is CC(C)CCC[C@@H](C)[C@H]1CCC2C3CC=C4C[C@@H](OC/C=C/CC(=O)CC(=O)OC(C)(C)C)CC[C@]4(C)C3CC[C@@]21C.CC(C)CCC[C@@H](C)[C@H]1CCC2C3CC=C4C[C@@H](OC/C=C/CC(O)CC(=O)OC(C)(C)C)CC[C@]4(C)C3CC[C@@]21C.ClCCl.